The van der Waals surface area contributed by atoms with Crippen molar-refractivity contribution < 1.29 is 4.42 Å². The third-order valence-corrected chi connectivity index (χ3v) is 4.45. The number of hydrogen-bond acceptors (Lipinski definition) is 3. The van der Waals surface area contributed by atoms with Crippen molar-refractivity contribution in [3.8, 4) is 0 Å². The van der Waals surface area contributed by atoms with Gasteiger partial charge in [-0.1, -0.05) is 11.6 Å². The average molecular weight is 279 g/mol. The van der Waals surface area contributed by atoms with Crippen LogP contribution in [0.1, 0.15) is 22.5 Å². The summed E-state index contributed by atoms with van der Waals surface area (Å²) in [5, 5.41) is 2.12. The number of aryl methyl sites for hydroxylation is 1. The van der Waals surface area contributed by atoms with Crippen LogP contribution in [0, 0.1) is 6.92 Å². The molecule has 19 heavy (non-hydrogen) atoms. The minimum Gasteiger partial charge on any atom is -0.461 e. The fraction of sp³-hybridized carbons (Fsp3) is 0.467. The Morgan fingerprint density at radius 1 is 1.42 bits per heavy atom. The molecule has 0 atom stereocenters. The van der Waals surface area contributed by atoms with Gasteiger partial charge in [0, 0.05) is 35.5 Å². The first-order valence-electron chi connectivity index (χ1n) is 6.72. The van der Waals surface area contributed by atoms with Gasteiger partial charge >= 0.3 is 0 Å². The Kier molecular flexibility index (Phi) is 3.29. The predicted octanol–water partition coefficient (Wildman–Crippen LogP) is 2.88. The second kappa shape index (κ2) is 4.82. The molecule has 1 aliphatic rings. The number of likely N-dealkylation sites (N-methyl/N-ethyl adjacent to an activating group) is 1. The van der Waals surface area contributed by atoms with Gasteiger partial charge in [-0.05, 0) is 44.1 Å². The lowest BCUT2D eigenvalue weighted by Crippen LogP contribution is -2.19. The second-order valence-electron chi connectivity index (χ2n) is 5.39. The van der Waals surface area contributed by atoms with Crippen LogP contribution in [0.4, 0.5) is 0 Å². The van der Waals surface area contributed by atoms with Gasteiger partial charge in [-0.2, -0.15) is 0 Å². The summed E-state index contributed by atoms with van der Waals surface area (Å²) in [5.74, 6) is 1.02. The van der Waals surface area contributed by atoms with Gasteiger partial charge in [-0.3, -0.25) is 0 Å². The Hall–Kier alpha value is -1.03. The van der Waals surface area contributed by atoms with Crippen molar-refractivity contribution in [1.29, 1.82) is 0 Å². The molecule has 102 valence electrons. The standard InChI is InChI=1S/C15H19ClN2O/c1-9-7-13-14-10(15(9)16)4-6-18(2)8-11(14)12(19-13)3-5-17/h7H,3-6,8,17H2,1-2H3. The number of nitrogens with zero attached hydrogens (tertiary/aromatic N) is 1. The highest BCUT2D eigenvalue weighted by Gasteiger charge is 2.23. The van der Waals surface area contributed by atoms with Crippen molar-refractivity contribution in [2.24, 2.45) is 5.73 Å². The zero-order chi connectivity index (χ0) is 13.6. The summed E-state index contributed by atoms with van der Waals surface area (Å²) < 4.78 is 6.03. The number of rotatable bonds is 2. The van der Waals surface area contributed by atoms with E-state index in [1.807, 2.05) is 6.92 Å². The lowest BCUT2D eigenvalue weighted by Gasteiger charge is -2.13. The first-order valence-corrected chi connectivity index (χ1v) is 7.10. The third-order valence-electron chi connectivity index (χ3n) is 3.92. The molecule has 1 aromatic carbocycles. The zero-order valence-electron chi connectivity index (χ0n) is 11.4. The topological polar surface area (TPSA) is 42.4 Å². The number of furan rings is 1. The van der Waals surface area contributed by atoms with E-state index in [2.05, 4.69) is 18.0 Å². The van der Waals surface area contributed by atoms with E-state index in [1.165, 1.54) is 16.5 Å². The average Bonchev–Trinajstić information content (AvgIpc) is 2.58. The Bertz CT molecular complexity index is 633. The molecule has 0 aliphatic carbocycles. The van der Waals surface area contributed by atoms with Crippen molar-refractivity contribution in [2.45, 2.75) is 26.3 Å². The van der Waals surface area contributed by atoms with Gasteiger partial charge < -0.3 is 15.1 Å². The van der Waals surface area contributed by atoms with Gasteiger partial charge in [-0.25, -0.2) is 0 Å². The summed E-state index contributed by atoms with van der Waals surface area (Å²) >= 11 is 6.50. The van der Waals surface area contributed by atoms with Gasteiger partial charge in [0.15, 0.2) is 0 Å². The monoisotopic (exact) mass is 278 g/mol. The van der Waals surface area contributed by atoms with Crippen molar-refractivity contribution in [1.82, 2.24) is 4.90 Å². The number of hydrogen-bond donors (Lipinski definition) is 1. The van der Waals surface area contributed by atoms with E-state index in [-0.39, 0.29) is 0 Å². The largest absolute Gasteiger partial charge is 0.461 e. The fourth-order valence-corrected chi connectivity index (χ4v) is 3.20. The molecule has 2 aromatic rings. The smallest absolute Gasteiger partial charge is 0.135 e. The van der Waals surface area contributed by atoms with E-state index < -0.39 is 0 Å². The van der Waals surface area contributed by atoms with Gasteiger partial charge in [-0.15, -0.1) is 0 Å². The minimum absolute atomic E-state index is 0.610. The molecule has 0 bridgehead atoms. The molecule has 2 heterocycles. The highest BCUT2D eigenvalue weighted by atomic mass is 35.5. The van der Waals surface area contributed by atoms with E-state index in [4.69, 9.17) is 21.8 Å². The van der Waals surface area contributed by atoms with Crippen LogP contribution in [0.25, 0.3) is 11.0 Å². The highest BCUT2D eigenvalue weighted by molar-refractivity contribution is 6.33. The number of benzene rings is 1. The second-order valence-corrected chi connectivity index (χ2v) is 5.77. The zero-order valence-corrected chi connectivity index (χ0v) is 12.2. The molecule has 0 amide bonds. The van der Waals surface area contributed by atoms with E-state index in [0.29, 0.717) is 6.54 Å². The lowest BCUT2D eigenvalue weighted by atomic mass is 10.0. The van der Waals surface area contributed by atoms with E-state index in [0.717, 1.165) is 47.9 Å². The first kappa shape index (κ1) is 13.0. The van der Waals surface area contributed by atoms with Crippen LogP contribution in [0.5, 0.6) is 0 Å². The van der Waals surface area contributed by atoms with Crippen molar-refractivity contribution in [3.05, 3.63) is 33.5 Å². The number of halogens is 1. The quantitative estimate of drug-likeness (QED) is 0.918. The molecule has 1 aliphatic heterocycles. The first-order chi connectivity index (χ1) is 9.11. The predicted molar refractivity (Wildman–Crippen MR) is 78.8 cm³/mol. The summed E-state index contributed by atoms with van der Waals surface area (Å²) in [6.45, 7) is 4.58. The van der Waals surface area contributed by atoms with E-state index in [9.17, 15) is 0 Å². The van der Waals surface area contributed by atoms with Gasteiger partial charge in [0.25, 0.3) is 0 Å². The fourth-order valence-electron chi connectivity index (χ4n) is 2.96. The Balaban J connectivity index is 2.32. The number of nitrogens with two attached hydrogens (primary N) is 1. The van der Waals surface area contributed by atoms with Crippen LogP contribution in [0.2, 0.25) is 5.02 Å². The van der Waals surface area contributed by atoms with Crippen molar-refractivity contribution >= 4 is 22.6 Å². The minimum atomic E-state index is 0.610. The molecular formula is C15H19ClN2O. The van der Waals surface area contributed by atoms with E-state index >= 15 is 0 Å². The molecule has 1 aromatic heterocycles. The van der Waals surface area contributed by atoms with Crippen LogP contribution < -0.4 is 5.73 Å². The van der Waals surface area contributed by atoms with Crippen LogP contribution in [-0.4, -0.2) is 25.0 Å². The van der Waals surface area contributed by atoms with Gasteiger partial charge in [0.2, 0.25) is 0 Å². The van der Waals surface area contributed by atoms with Crippen LogP contribution in [0.3, 0.4) is 0 Å². The Morgan fingerprint density at radius 2 is 2.21 bits per heavy atom. The van der Waals surface area contributed by atoms with Gasteiger partial charge in [0.1, 0.15) is 11.3 Å². The molecule has 0 saturated carbocycles. The molecular weight excluding hydrogens is 260 g/mol. The molecule has 0 unspecified atom stereocenters. The Morgan fingerprint density at radius 3 is 2.95 bits per heavy atom. The van der Waals surface area contributed by atoms with Crippen molar-refractivity contribution in [3.63, 3.8) is 0 Å². The maximum absolute atomic E-state index is 6.50. The maximum atomic E-state index is 6.50. The summed E-state index contributed by atoms with van der Waals surface area (Å²) in [6, 6.07) is 2.05. The molecule has 0 spiro atoms. The normalized spacial score (nSPS) is 16.0. The molecule has 0 saturated heterocycles. The third kappa shape index (κ3) is 2.06. The summed E-state index contributed by atoms with van der Waals surface area (Å²) in [5.41, 5.74) is 10.3. The van der Waals surface area contributed by atoms with Crippen molar-refractivity contribution in [2.75, 3.05) is 20.1 Å². The van der Waals surface area contributed by atoms with Crippen LogP contribution in [0.15, 0.2) is 10.5 Å². The van der Waals surface area contributed by atoms with Crippen LogP contribution in [-0.2, 0) is 19.4 Å². The molecule has 0 fully saturated rings. The molecule has 3 nitrogen and oxygen atoms in total. The summed E-state index contributed by atoms with van der Waals surface area (Å²) in [4.78, 5) is 2.32. The molecule has 4 heteroatoms. The summed E-state index contributed by atoms with van der Waals surface area (Å²) in [7, 11) is 2.14. The van der Waals surface area contributed by atoms with E-state index in [1.54, 1.807) is 0 Å². The van der Waals surface area contributed by atoms with Gasteiger partial charge in [0.05, 0.1) is 0 Å². The molecule has 3 rings (SSSR count). The maximum Gasteiger partial charge on any atom is 0.135 e. The molecule has 2 N–H and O–H groups in total. The molecule has 0 radical (unpaired) electrons. The van der Waals surface area contributed by atoms with Crippen LogP contribution >= 0.6 is 11.6 Å². The lowest BCUT2D eigenvalue weighted by molar-refractivity contribution is 0.332. The Labute approximate surface area is 118 Å². The highest BCUT2D eigenvalue weighted by Crippen LogP contribution is 2.37. The summed E-state index contributed by atoms with van der Waals surface area (Å²) in [6.07, 6.45) is 1.76. The SMILES string of the molecule is Cc1cc2oc(CCN)c3c2c(c1Cl)CCN(C)C3.